The number of ether oxygens (including phenoxy) is 6. The van der Waals surface area contributed by atoms with Crippen molar-refractivity contribution in [3.8, 4) is 0 Å². The lowest BCUT2D eigenvalue weighted by molar-refractivity contribution is -0.352. The van der Waals surface area contributed by atoms with Gasteiger partial charge in [0, 0.05) is 0 Å². The minimum Gasteiger partial charge on any atom is -0.394 e. The number of rotatable bonds is 10. The summed E-state index contributed by atoms with van der Waals surface area (Å²) in [5, 5.41) is 99.4. The van der Waals surface area contributed by atoms with Crippen molar-refractivity contribution in [2.45, 2.75) is 92.1 Å². The van der Waals surface area contributed by atoms with Crippen LogP contribution in [0.3, 0.4) is 0 Å². The lowest BCUT2D eigenvalue weighted by Crippen LogP contribution is -2.62. The molecule has 0 spiro atoms. The zero-order valence-electron chi connectivity index (χ0n) is 19.4. The van der Waals surface area contributed by atoms with Gasteiger partial charge in [-0.3, -0.25) is 0 Å². The molecule has 17 nitrogen and oxygen atoms in total. The predicted octanol–water partition coefficient (Wildman–Crippen LogP) is -7.35. The maximum absolute atomic E-state index is 10.6. The molecular weight excluding hydrogens is 512 g/mol. The third kappa shape index (κ3) is 6.97. The third-order valence-electron chi connectivity index (χ3n) is 6.30. The van der Waals surface area contributed by atoms with E-state index in [2.05, 4.69) is 0 Å². The highest BCUT2D eigenvalue weighted by Crippen LogP contribution is 2.27. The Hall–Kier alpha value is -0.970. The zero-order chi connectivity index (χ0) is 27.4. The number of hydrogen-bond donors (Lipinski definition) is 10. The molecule has 0 saturated carbocycles. The highest BCUT2D eigenvalue weighted by Gasteiger charge is 2.48. The molecule has 0 aromatic heterocycles. The van der Waals surface area contributed by atoms with Crippen molar-refractivity contribution in [1.82, 2.24) is 0 Å². The second-order valence-electron chi connectivity index (χ2n) is 8.94. The molecule has 0 aromatic rings. The van der Waals surface area contributed by atoms with Gasteiger partial charge in [-0.1, -0.05) is 0 Å². The van der Waals surface area contributed by atoms with Crippen LogP contribution in [0, 0.1) is 0 Å². The van der Waals surface area contributed by atoms with E-state index < -0.39 is 105 Å². The molecule has 3 rings (SSSR count). The highest BCUT2D eigenvalue weighted by molar-refractivity contribution is 5.56. The van der Waals surface area contributed by atoms with Gasteiger partial charge < -0.3 is 84.3 Å². The summed E-state index contributed by atoms with van der Waals surface area (Å²) in [6, 6.07) is 0. The molecule has 0 bridgehead atoms. The van der Waals surface area contributed by atoms with E-state index in [-0.39, 0.29) is 19.5 Å². The Morgan fingerprint density at radius 3 is 1.68 bits per heavy atom. The van der Waals surface area contributed by atoms with Gasteiger partial charge in [0.15, 0.2) is 25.2 Å². The van der Waals surface area contributed by atoms with E-state index in [0.717, 1.165) is 0 Å². The number of hydrogen-bond acceptors (Lipinski definition) is 17. The average molecular weight is 546 g/mol. The Balaban J connectivity index is 1.52. The molecule has 3 heterocycles. The molecule has 0 radical (unpaired) electrons. The fourth-order valence-electron chi connectivity index (χ4n) is 3.96. The van der Waals surface area contributed by atoms with Crippen LogP contribution in [0.15, 0.2) is 0 Å². The number of carbonyl (C=O) groups excluding carboxylic acids is 1. The lowest BCUT2D eigenvalue weighted by Gasteiger charge is -2.44. The summed E-state index contributed by atoms with van der Waals surface area (Å²) in [6.45, 7) is -2.04. The molecule has 3 aliphatic rings. The second kappa shape index (κ2) is 13.4. The van der Waals surface area contributed by atoms with Crippen LogP contribution in [-0.2, 0) is 33.2 Å². The van der Waals surface area contributed by atoms with Gasteiger partial charge in [0.2, 0.25) is 0 Å². The van der Waals surface area contributed by atoms with Crippen molar-refractivity contribution in [1.29, 1.82) is 0 Å². The molecular formula is C20H34O17. The van der Waals surface area contributed by atoms with Gasteiger partial charge >= 0.3 is 0 Å². The summed E-state index contributed by atoms with van der Waals surface area (Å²) in [5.41, 5.74) is 0. The molecule has 0 aliphatic carbocycles. The molecule has 0 unspecified atom stereocenters. The number of aliphatic hydroxyl groups is 10. The molecule has 3 aliphatic heterocycles. The molecule has 0 amide bonds. The van der Waals surface area contributed by atoms with E-state index in [4.69, 9.17) is 28.4 Å². The van der Waals surface area contributed by atoms with Crippen molar-refractivity contribution in [2.24, 2.45) is 0 Å². The molecule has 216 valence electrons. The Morgan fingerprint density at radius 1 is 0.703 bits per heavy atom. The minimum absolute atomic E-state index is 0.0190. The lowest BCUT2D eigenvalue weighted by atomic mass is 10.0. The number of carbonyl (C=O) groups is 1. The Kier molecular flexibility index (Phi) is 11.1. The van der Waals surface area contributed by atoms with E-state index in [1.54, 1.807) is 0 Å². The number of aldehydes is 1. The van der Waals surface area contributed by atoms with Gasteiger partial charge in [-0.2, -0.15) is 0 Å². The smallest absolute Gasteiger partial charge is 0.186 e. The summed E-state index contributed by atoms with van der Waals surface area (Å²) < 4.78 is 31.7. The van der Waals surface area contributed by atoms with E-state index in [9.17, 15) is 55.9 Å². The second-order valence-corrected chi connectivity index (χ2v) is 8.94. The standard InChI is InChI=1S/C20H34O17/c21-1-6(23)11(25)8(2-22)35-19-16(30)13(27)10(4-33-19)37-20-17(31)14(28)9(5-34-20)36-18-15(29)12(26)7(24)3-32-18/h1,6-20,22-31H,2-5H2/t6-,7+,8-,9+,10+,11+,12-,13-,14-,15+,16+,17+,18-,19-,20-/m0/s1. The van der Waals surface area contributed by atoms with E-state index in [0.29, 0.717) is 0 Å². The first kappa shape index (κ1) is 30.6. The van der Waals surface area contributed by atoms with Crippen LogP contribution in [0.25, 0.3) is 0 Å². The fourth-order valence-corrected chi connectivity index (χ4v) is 3.96. The molecule has 3 saturated heterocycles. The van der Waals surface area contributed by atoms with Gasteiger partial charge in [0.25, 0.3) is 0 Å². The maximum atomic E-state index is 10.6. The van der Waals surface area contributed by atoms with Crippen LogP contribution in [0.2, 0.25) is 0 Å². The molecule has 15 atom stereocenters. The molecule has 17 heteroatoms. The first-order valence-electron chi connectivity index (χ1n) is 11.5. The van der Waals surface area contributed by atoms with Gasteiger partial charge in [-0.15, -0.1) is 0 Å². The van der Waals surface area contributed by atoms with Crippen LogP contribution in [0.1, 0.15) is 0 Å². The van der Waals surface area contributed by atoms with Gasteiger partial charge in [-0.05, 0) is 0 Å². The number of aliphatic hydroxyl groups excluding tert-OH is 10. The van der Waals surface area contributed by atoms with E-state index in [1.807, 2.05) is 0 Å². The van der Waals surface area contributed by atoms with Crippen LogP contribution in [0.4, 0.5) is 0 Å². The van der Waals surface area contributed by atoms with Crippen LogP contribution < -0.4 is 0 Å². The highest BCUT2D eigenvalue weighted by atomic mass is 16.7. The monoisotopic (exact) mass is 546 g/mol. The van der Waals surface area contributed by atoms with Crippen molar-refractivity contribution < 1.29 is 84.3 Å². The third-order valence-corrected chi connectivity index (χ3v) is 6.30. The predicted molar refractivity (Wildman–Crippen MR) is 111 cm³/mol. The van der Waals surface area contributed by atoms with Gasteiger partial charge in [0.1, 0.15) is 73.2 Å². The maximum Gasteiger partial charge on any atom is 0.186 e. The summed E-state index contributed by atoms with van der Waals surface area (Å²) in [7, 11) is 0. The summed E-state index contributed by atoms with van der Waals surface area (Å²) >= 11 is 0. The largest absolute Gasteiger partial charge is 0.394 e. The summed E-state index contributed by atoms with van der Waals surface area (Å²) in [5.74, 6) is 0. The van der Waals surface area contributed by atoms with Crippen molar-refractivity contribution in [3.05, 3.63) is 0 Å². The average Bonchev–Trinajstić information content (AvgIpc) is 2.89. The zero-order valence-corrected chi connectivity index (χ0v) is 19.4. The molecule has 0 aromatic carbocycles. The Morgan fingerprint density at radius 2 is 1.16 bits per heavy atom. The fraction of sp³-hybridized carbons (Fsp3) is 0.950. The quantitative estimate of drug-likeness (QED) is 0.114. The van der Waals surface area contributed by atoms with Crippen LogP contribution in [0.5, 0.6) is 0 Å². The first-order chi connectivity index (χ1) is 17.5. The van der Waals surface area contributed by atoms with Crippen LogP contribution in [-0.4, -0.2) is 176 Å². The molecule has 10 N–H and O–H groups in total. The Labute approximate surface area is 209 Å². The first-order valence-corrected chi connectivity index (χ1v) is 11.5. The van der Waals surface area contributed by atoms with Crippen molar-refractivity contribution in [2.75, 3.05) is 26.4 Å². The normalized spacial score (nSPS) is 45.7. The molecule has 37 heavy (non-hydrogen) atoms. The van der Waals surface area contributed by atoms with E-state index >= 15 is 0 Å². The SMILES string of the molecule is O=C[C@H](O)[C@@H](O)[C@H](CO)O[C@@H]1OC[C@@H](O[C@@H]2OC[C@@H](O[C@@H]3OC[C@@H](O)[C@H](O)[C@H]3O)[C@H](O)[C@H]2O)[C@H](O)[C@H]1O. The minimum atomic E-state index is -1.88. The Bertz CT molecular complexity index is 714. The topological polar surface area (TPSA) is 275 Å². The van der Waals surface area contributed by atoms with E-state index in [1.165, 1.54) is 0 Å². The van der Waals surface area contributed by atoms with Crippen molar-refractivity contribution >= 4 is 6.29 Å². The van der Waals surface area contributed by atoms with Crippen LogP contribution >= 0.6 is 0 Å². The summed E-state index contributed by atoms with van der Waals surface area (Å²) in [6.07, 6.45) is -23.8. The van der Waals surface area contributed by atoms with Crippen molar-refractivity contribution in [3.63, 3.8) is 0 Å². The van der Waals surface area contributed by atoms with Gasteiger partial charge in [0.05, 0.1) is 26.4 Å². The summed E-state index contributed by atoms with van der Waals surface area (Å²) in [4.78, 5) is 10.6. The molecule has 3 fully saturated rings. The van der Waals surface area contributed by atoms with Gasteiger partial charge in [-0.25, -0.2) is 0 Å².